The Morgan fingerprint density at radius 3 is 2.44 bits per heavy atom. The van der Waals surface area contributed by atoms with Gasteiger partial charge in [-0.05, 0) is 50.7 Å². The van der Waals surface area contributed by atoms with Crippen molar-refractivity contribution >= 4 is 0 Å². The topological polar surface area (TPSA) is 29.3 Å². The van der Waals surface area contributed by atoms with E-state index in [1.54, 1.807) is 0 Å². The van der Waals surface area contributed by atoms with Gasteiger partial charge >= 0.3 is 0 Å². The lowest BCUT2D eigenvalue weighted by atomic mass is 9.95. The van der Waals surface area contributed by atoms with Gasteiger partial charge in [0.1, 0.15) is 0 Å². The summed E-state index contributed by atoms with van der Waals surface area (Å²) < 4.78 is 0. The summed E-state index contributed by atoms with van der Waals surface area (Å²) in [5.41, 5.74) is 5.48. The molecule has 0 saturated carbocycles. The molecule has 0 aromatic heterocycles. The van der Waals surface area contributed by atoms with Crippen molar-refractivity contribution in [2.24, 2.45) is 17.6 Å². The predicted octanol–water partition coefficient (Wildman–Crippen LogP) is 2.87. The molecule has 1 aliphatic heterocycles. The maximum Gasteiger partial charge on any atom is 0.00126 e. The Labute approximate surface area is 102 Å². The fraction of sp³-hybridized carbons (Fsp3) is 1.00. The van der Waals surface area contributed by atoms with E-state index in [4.69, 9.17) is 5.73 Å². The van der Waals surface area contributed by atoms with E-state index in [-0.39, 0.29) is 0 Å². The Hall–Kier alpha value is -0.0800. The molecule has 0 aliphatic carbocycles. The molecule has 2 heteroatoms. The normalized spacial score (nSPS) is 22.1. The molecule has 2 N–H and O–H groups in total. The van der Waals surface area contributed by atoms with Gasteiger partial charge in [0.15, 0.2) is 0 Å². The number of likely N-dealkylation sites (tertiary alicyclic amines) is 1. The molecule has 0 bridgehead atoms. The number of hydrogen-bond donors (Lipinski definition) is 1. The lowest BCUT2D eigenvalue weighted by molar-refractivity contribution is 0.296. The largest absolute Gasteiger partial charge is 0.330 e. The summed E-state index contributed by atoms with van der Waals surface area (Å²) in [7, 11) is 0. The molecular formula is C14H30N2. The Kier molecular flexibility index (Phi) is 7.06. The molecule has 2 nitrogen and oxygen atoms in total. The van der Waals surface area contributed by atoms with Crippen molar-refractivity contribution in [3.63, 3.8) is 0 Å². The average Bonchev–Trinajstić information content (AvgIpc) is 2.72. The highest BCUT2D eigenvalue weighted by molar-refractivity contribution is 4.77. The van der Waals surface area contributed by atoms with Crippen LogP contribution >= 0.6 is 0 Å². The second-order valence-corrected chi connectivity index (χ2v) is 5.65. The quantitative estimate of drug-likeness (QED) is 0.645. The van der Waals surface area contributed by atoms with Gasteiger partial charge in [0.2, 0.25) is 0 Å². The van der Waals surface area contributed by atoms with Crippen LogP contribution in [0, 0.1) is 11.8 Å². The summed E-state index contributed by atoms with van der Waals surface area (Å²) in [5.74, 6) is 1.83. The van der Waals surface area contributed by atoms with Gasteiger partial charge in [-0.3, -0.25) is 0 Å². The van der Waals surface area contributed by atoms with E-state index in [1.807, 2.05) is 0 Å². The molecular weight excluding hydrogens is 196 g/mol. The molecule has 1 aliphatic rings. The molecule has 16 heavy (non-hydrogen) atoms. The van der Waals surface area contributed by atoms with Crippen molar-refractivity contribution in [1.29, 1.82) is 0 Å². The molecule has 1 unspecified atom stereocenters. The number of unbranched alkanes of at least 4 members (excludes halogenated alkanes) is 4. The molecule has 96 valence electrons. The smallest absolute Gasteiger partial charge is 0.00126 e. The zero-order chi connectivity index (χ0) is 11.8. The van der Waals surface area contributed by atoms with Gasteiger partial charge < -0.3 is 10.6 Å². The van der Waals surface area contributed by atoms with Crippen molar-refractivity contribution in [3.05, 3.63) is 0 Å². The number of nitrogens with zero attached hydrogens (tertiary/aromatic N) is 1. The molecule has 0 aromatic rings. The lowest BCUT2D eigenvalue weighted by Crippen LogP contribution is -2.23. The molecule has 0 spiro atoms. The number of rotatable bonds is 8. The molecule has 0 radical (unpaired) electrons. The Bertz CT molecular complexity index is 168. The van der Waals surface area contributed by atoms with Crippen LogP contribution in [0.1, 0.15) is 52.4 Å². The Morgan fingerprint density at radius 2 is 1.81 bits per heavy atom. The average molecular weight is 226 g/mol. The summed E-state index contributed by atoms with van der Waals surface area (Å²) in [6, 6.07) is 0. The maximum atomic E-state index is 5.48. The van der Waals surface area contributed by atoms with Crippen molar-refractivity contribution in [1.82, 2.24) is 4.90 Å². The fourth-order valence-electron chi connectivity index (χ4n) is 2.62. The summed E-state index contributed by atoms with van der Waals surface area (Å²) >= 11 is 0. The van der Waals surface area contributed by atoms with Crippen LogP contribution in [0.2, 0.25) is 0 Å². The summed E-state index contributed by atoms with van der Waals surface area (Å²) in [4.78, 5) is 2.66. The first-order valence-electron chi connectivity index (χ1n) is 7.16. The molecule has 1 atom stereocenters. The summed E-state index contributed by atoms with van der Waals surface area (Å²) in [5, 5.41) is 0. The Morgan fingerprint density at radius 1 is 1.12 bits per heavy atom. The van der Waals surface area contributed by atoms with Crippen LogP contribution in [0.3, 0.4) is 0 Å². The highest BCUT2D eigenvalue weighted by atomic mass is 15.1. The van der Waals surface area contributed by atoms with Crippen molar-refractivity contribution in [3.8, 4) is 0 Å². The minimum atomic E-state index is 0.863. The summed E-state index contributed by atoms with van der Waals surface area (Å²) in [6.45, 7) is 9.60. The van der Waals surface area contributed by atoms with Crippen molar-refractivity contribution in [2.45, 2.75) is 52.4 Å². The first-order chi connectivity index (χ1) is 7.74. The van der Waals surface area contributed by atoms with Gasteiger partial charge in [0.25, 0.3) is 0 Å². The van der Waals surface area contributed by atoms with Crippen LogP contribution in [0.5, 0.6) is 0 Å². The van der Waals surface area contributed by atoms with Gasteiger partial charge in [-0.2, -0.15) is 0 Å². The van der Waals surface area contributed by atoms with Crippen LogP contribution < -0.4 is 5.73 Å². The van der Waals surface area contributed by atoms with Crippen LogP contribution in [0.25, 0.3) is 0 Å². The minimum Gasteiger partial charge on any atom is -0.330 e. The zero-order valence-electron chi connectivity index (χ0n) is 11.3. The van der Waals surface area contributed by atoms with Gasteiger partial charge in [0, 0.05) is 6.54 Å². The molecule has 1 heterocycles. The minimum absolute atomic E-state index is 0.863. The van der Waals surface area contributed by atoms with Gasteiger partial charge in [-0.15, -0.1) is 0 Å². The van der Waals surface area contributed by atoms with E-state index in [1.165, 1.54) is 58.2 Å². The second-order valence-electron chi connectivity index (χ2n) is 5.65. The van der Waals surface area contributed by atoms with Crippen molar-refractivity contribution < 1.29 is 0 Å². The molecule has 1 saturated heterocycles. The van der Waals surface area contributed by atoms with Crippen LogP contribution in [-0.2, 0) is 0 Å². The zero-order valence-corrected chi connectivity index (χ0v) is 11.3. The standard InChI is InChI=1S/C14H30N2/c1-13(2)14-8-11-16(12-14)10-7-5-3-4-6-9-15/h13-14H,3-12,15H2,1-2H3. The Balaban J connectivity index is 1.94. The first-order valence-corrected chi connectivity index (χ1v) is 7.16. The van der Waals surface area contributed by atoms with E-state index in [0.29, 0.717) is 0 Å². The monoisotopic (exact) mass is 226 g/mol. The van der Waals surface area contributed by atoms with E-state index >= 15 is 0 Å². The molecule has 0 amide bonds. The van der Waals surface area contributed by atoms with Gasteiger partial charge in [0.05, 0.1) is 0 Å². The van der Waals surface area contributed by atoms with Crippen molar-refractivity contribution in [2.75, 3.05) is 26.2 Å². The van der Waals surface area contributed by atoms with E-state index in [9.17, 15) is 0 Å². The first kappa shape index (κ1) is 14.0. The third kappa shape index (κ3) is 5.31. The van der Waals surface area contributed by atoms with Crippen LogP contribution in [0.15, 0.2) is 0 Å². The third-order valence-corrected chi connectivity index (χ3v) is 3.93. The highest BCUT2D eigenvalue weighted by Gasteiger charge is 2.23. The van der Waals surface area contributed by atoms with Crippen LogP contribution in [0.4, 0.5) is 0 Å². The van der Waals surface area contributed by atoms with E-state index in [0.717, 1.165) is 18.4 Å². The highest BCUT2D eigenvalue weighted by Crippen LogP contribution is 2.23. The third-order valence-electron chi connectivity index (χ3n) is 3.93. The van der Waals surface area contributed by atoms with Crippen LogP contribution in [-0.4, -0.2) is 31.1 Å². The lowest BCUT2D eigenvalue weighted by Gasteiger charge is -2.17. The fourth-order valence-corrected chi connectivity index (χ4v) is 2.62. The number of nitrogens with two attached hydrogens (primary N) is 1. The molecule has 0 aromatic carbocycles. The maximum absolute atomic E-state index is 5.48. The predicted molar refractivity (Wildman–Crippen MR) is 71.5 cm³/mol. The molecule has 1 fully saturated rings. The van der Waals surface area contributed by atoms with Gasteiger partial charge in [-0.25, -0.2) is 0 Å². The SMILES string of the molecule is CC(C)C1CCN(CCCCCCCN)C1. The van der Waals surface area contributed by atoms with E-state index < -0.39 is 0 Å². The van der Waals surface area contributed by atoms with E-state index in [2.05, 4.69) is 18.7 Å². The number of hydrogen-bond acceptors (Lipinski definition) is 2. The second kappa shape index (κ2) is 8.08. The van der Waals surface area contributed by atoms with Gasteiger partial charge in [-0.1, -0.05) is 33.1 Å². The summed E-state index contributed by atoms with van der Waals surface area (Å²) in [6.07, 6.45) is 8.10. The molecule has 1 rings (SSSR count).